The van der Waals surface area contributed by atoms with Gasteiger partial charge in [-0.1, -0.05) is 53.1 Å². The lowest BCUT2D eigenvalue weighted by Gasteiger charge is -2.02. The molecule has 0 fully saturated rings. The van der Waals surface area contributed by atoms with E-state index in [2.05, 4.69) is 15.0 Å². The highest BCUT2D eigenvalue weighted by Gasteiger charge is 2.02. The number of fused-ring (bicyclic) bond motifs is 1. The van der Waals surface area contributed by atoms with Gasteiger partial charge in [-0.05, 0) is 10.9 Å². The van der Waals surface area contributed by atoms with Gasteiger partial charge in [0.1, 0.15) is 5.15 Å². The molecule has 17 heavy (non-hydrogen) atoms. The van der Waals surface area contributed by atoms with Gasteiger partial charge in [-0.3, -0.25) is 0 Å². The summed E-state index contributed by atoms with van der Waals surface area (Å²) in [6, 6.07) is 7.78. The molecular formula is C12H9ClN4. The van der Waals surface area contributed by atoms with Crippen molar-refractivity contribution in [1.82, 2.24) is 4.98 Å². The van der Waals surface area contributed by atoms with E-state index in [1.54, 1.807) is 12.3 Å². The Morgan fingerprint density at radius 1 is 1.35 bits per heavy atom. The van der Waals surface area contributed by atoms with E-state index in [0.717, 1.165) is 16.3 Å². The smallest absolute Gasteiger partial charge is 0.136 e. The molecule has 2 aromatic rings. The van der Waals surface area contributed by atoms with Crippen molar-refractivity contribution in [3.05, 3.63) is 57.7 Å². The van der Waals surface area contributed by atoms with Crippen LogP contribution in [-0.2, 0) is 0 Å². The first-order chi connectivity index (χ1) is 8.33. The monoisotopic (exact) mass is 244 g/mol. The molecule has 0 radical (unpaired) electrons. The maximum absolute atomic E-state index is 8.17. The maximum atomic E-state index is 8.17. The normalized spacial score (nSPS) is 10.6. The van der Waals surface area contributed by atoms with Crippen molar-refractivity contribution < 1.29 is 0 Å². The van der Waals surface area contributed by atoms with Crippen LogP contribution in [0.3, 0.4) is 0 Å². The highest BCUT2D eigenvalue weighted by molar-refractivity contribution is 6.34. The van der Waals surface area contributed by atoms with Gasteiger partial charge in [0.15, 0.2) is 0 Å². The second-order valence-corrected chi connectivity index (χ2v) is 3.72. The van der Waals surface area contributed by atoms with Gasteiger partial charge in [0.05, 0.1) is 0 Å². The van der Waals surface area contributed by atoms with Crippen LogP contribution in [0.4, 0.5) is 0 Å². The zero-order chi connectivity index (χ0) is 12.1. The summed E-state index contributed by atoms with van der Waals surface area (Å²) in [5.41, 5.74) is 9.12. The molecule has 0 spiro atoms. The molecule has 0 aliphatic rings. The Morgan fingerprint density at radius 2 is 2.12 bits per heavy atom. The van der Waals surface area contributed by atoms with Gasteiger partial charge >= 0.3 is 0 Å². The quantitative estimate of drug-likeness (QED) is 0.345. The average molecular weight is 245 g/mol. The van der Waals surface area contributed by atoms with Gasteiger partial charge in [0, 0.05) is 28.6 Å². The third-order valence-corrected chi connectivity index (χ3v) is 2.63. The average Bonchev–Trinajstić information content (AvgIpc) is 2.37. The minimum absolute atomic E-state index is 0.327. The van der Waals surface area contributed by atoms with Crippen molar-refractivity contribution in [1.29, 1.82) is 0 Å². The number of aromatic nitrogens is 1. The number of rotatable bonds is 3. The second-order valence-electron chi connectivity index (χ2n) is 3.37. The van der Waals surface area contributed by atoms with Crippen molar-refractivity contribution in [2.45, 2.75) is 0 Å². The van der Waals surface area contributed by atoms with E-state index < -0.39 is 0 Å². The first kappa shape index (κ1) is 11.5. The minimum Gasteiger partial charge on any atom is -0.243 e. The van der Waals surface area contributed by atoms with Crippen molar-refractivity contribution in [2.24, 2.45) is 5.11 Å². The summed E-state index contributed by atoms with van der Waals surface area (Å²) in [5.74, 6) is 0. The fraction of sp³-hybridized carbons (Fsp3) is 0.0833. The predicted octanol–water partition coefficient (Wildman–Crippen LogP) is 4.21. The largest absolute Gasteiger partial charge is 0.243 e. The lowest BCUT2D eigenvalue weighted by Crippen LogP contribution is -1.84. The van der Waals surface area contributed by atoms with Gasteiger partial charge in [-0.25, -0.2) is 4.98 Å². The SMILES string of the molecule is [N-]=[N+]=NCC=Cc1cnc(Cl)c2ccccc12. The summed E-state index contributed by atoms with van der Waals surface area (Å²) >= 11 is 6.01. The molecular weight excluding hydrogens is 236 g/mol. The molecule has 0 saturated carbocycles. The van der Waals surface area contributed by atoms with E-state index in [0.29, 0.717) is 11.7 Å². The molecule has 1 aromatic carbocycles. The number of hydrogen-bond donors (Lipinski definition) is 0. The Balaban J connectivity index is 2.44. The number of benzene rings is 1. The topological polar surface area (TPSA) is 61.7 Å². The minimum atomic E-state index is 0.327. The van der Waals surface area contributed by atoms with Gasteiger partial charge in [0.25, 0.3) is 0 Å². The molecule has 0 amide bonds. The fourth-order valence-electron chi connectivity index (χ4n) is 1.58. The molecule has 84 valence electrons. The molecule has 0 bridgehead atoms. The van der Waals surface area contributed by atoms with Crippen LogP contribution in [0.2, 0.25) is 5.15 Å². The third kappa shape index (κ3) is 2.56. The molecule has 0 N–H and O–H groups in total. The molecule has 0 aliphatic carbocycles. The van der Waals surface area contributed by atoms with Crippen molar-refractivity contribution in [3.63, 3.8) is 0 Å². The third-order valence-electron chi connectivity index (χ3n) is 2.33. The van der Waals surface area contributed by atoms with Crippen LogP contribution in [0.15, 0.2) is 41.7 Å². The van der Waals surface area contributed by atoms with Gasteiger partial charge < -0.3 is 0 Å². The van der Waals surface area contributed by atoms with E-state index in [9.17, 15) is 0 Å². The lowest BCUT2D eigenvalue weighted by molar-refractivity contribution is 1.22. The van der Waals surface area contributed by atoms with Crippen LogP contribution in [0, 0.1) is 0 Å². The van der Waals surface area contributed by atoms with E-state index in [1.165, 1.54) is 0 Å². The maximum Gasteiger partial charge on any atom is 0.136 e. The highest BCUT2D eigenvalue weighted by atomic mass is 35.5. The highest BCUT2D eigenvalue weighted by Crippen LogP contribution is 2.24. The molecule has 0 unspecified atom stereocenters. The van der Waals surface area contributed by atoms with Crippen LogP contribution in [-0.4, -0.2) is 11.5 Å². The Hall–Kier alpha value is -2.03. The van der Waals surface area contributed by atoms with Crippen molar-refractivity contribution in [2.75, 3.05) is 6.54 Å². The lowest BCUT2D eigenvalue weighted by atomic mass is 10.1. The summed E-state index contributed by atoms with van der Waals surface area (Å²) in [7, 11) is 0. The summed E-state index contributed by atoms with van der Waals surface area (Å²) in [6.07, 6.45) is 5.37. The molecule has 1 aromatic heterocycles. The number of halogens is 1. The zero-order valence-electron chi connectivity index (χ0n) is 8.92. The van der Waals surface area contributed by atoms with Crippen LogP contribution in [0.25, 0.3) is 27.3 Å². The van der Waals surface area contributed by atoms with Crippen LogP contribution in [0.5, 0.6) is 0 Å². The standard InChI is InChI=1S/C12H9ClN4/c13-12-11-6-2-1-5-10(11)9(8-15-12)4-3-7-16-17-14/h1-6,8H,7H2. The number of hydrogen-bond acceptors (Lipinski definition) is 2. The van der Waals surface area contributed by atoms with Gasteiger partial charge in [-0.15, -0.1) is 0 Å². The number of pyridine rings is 1. The Labute approximate surface area is 103 Å². The van der Waals surface area contributed by atoms with Crippen molar-refractivity contribution >= 4 is 28.4 Å². The van der Waals surface area contributed by atoms with Crippen molar-refractivity contribution in [3.8, 4) is 0 Å². The molecule has 5 heteroatoms. The predicted molar refractivity (Wildman–Crippen MR) is 69.8 cm³/mol. The van der Waals surface area contributed by atoms with Crippen LogP contribution >= 0.6 is 11.6 Å². The molecule has 2 rings (SSSR count). The second kappa shape index (κ2) is 5.34. The van der Waals surface area contributed by atoms with Crippen LogP contribution in [0.1, 0.15) is 5.56 Å². The zero-order valence-corrected chi connectivity index (χ0v) is 9.67. The summed E-state index contributed by atoms with van der Waals surface area (Å²) in [6.45, 7) is 0.327. The molecule has 0 aliphatic heterocycles. The van der Waals surface area contributed by atoms with E-state index in [-0.39, 0.29) is 0 Å². The van der Waals surface area contributed by atoms with E-state index in [1.807, 2.05) is 30.3 Å². The first-order valence-corrected chi connectivity index (χ1v) is 5.41. The van der Waals surface area contributed by atoms with Crippen LogP contribution < -0.4 is 0 Å². The molecule has 1 heterocycles. The van der Waals surface area contributed by atoms with E-state index in [4.69, 9.17) is 17.1 Å². The fourth-order valence-corrected chi connectivity index (χ4v) is 1.79. The first-order valence-electron chi connectivity index (χ1n) is 5.03. The number of nitrogens with zero attached hydrogens (tertiary/aromatic N) is 4. The Kier molecular flexibility index (Phi) is 3.60. The Morgan fingerprint density at radius 3 is 2.88 bits per heavy atom. The molecule has 4 nitrogen and oxygen atoms in total. The summed E-state index contributed by atoms with van der Waals surface area (Å²) < 4.78 is 0. The summed E-state index contributed by atoms with van der Waals surface area (Å²) in [4.78, 5) is 6.80. The Bertz CT molecular complexity index is 615. The van der Waals surface area contributed by atoms with Gasteiger partial charge in [-0.2, -0.15) is 0 Å². The van der Waals surface area contributed by atoms with E-state index >= 15 is 0 Å². The number of azide groups is 1. The molecule has 0 atom stereocenters. The summed E-state index contributed by atoms with van der Waals surface area (Å²) in [5, 5.41) is 5.87. The molecule has 0 saturated heterocycles. The van der Waals surface area contributed by atoms with Gasteiger partial charge in [0.2, 0.25) is 0 Å².